The van der Waals surface area contributed by atoms with Crippen molar-refractivity contribution in [3.05, 3.63) is 194 Å². The van der Waals surface area contributed by atoms with Crippen molar-refractivity contribution in [3.63, 3.8) is 0 Å². The van der Waals surface area contributed by atoms with Crippen molar-refractivity contribution in [2.75, 3.05) is 0 Å². The zero-order valence-electron chi connectivity index (χ0n) is 30.7. The summed E-state index contributed by atoms with van der Waals surface area (Å²) in [4.78, 5) is 18.4. The van der Waals surface area contributed by atoms with Gasteiger partial charge in [-0.2, -0.15) is 0 Å². The Morgan fingerprint density at radius 2 is 0.982 bits per heavy atom. The molecule has 0 atom stereocenters. The van der Waals surface area contributed by atoms with Gasteiger partial charge in [0.05, 0.1) is 22.2 Å². The molecule has 57 heavy (non-hydrogen) atoms. The van der Waals surface area contributed by atoms with Crippen LogP contribution in [0.15, 0.2) is 199 Å². The van der Waals surface area contributed by atoms with E-state index in [0.29, 0.717) is 5.82 Å². The first-order valence-corrected chi connectivity index (χ1v) is 19.1. The van der Waals surface area contributed by atoms with Crippen LogP contribution in [0.1, 0.15) is 0 Å². The Hall–Kier alpha value is -7.76. The van der Waals surface area contributed by atoms with E-state index in [-0.39, 0.29) is 0 Å². The maximum Gasteiger partial charge on any atom is 0.308 e. The van der Waals surface area contributed by atoms with Crippen LogP contribution in [0.4, 0.5) is 0 Å². The van der Waals surface area contributed by atoms with Crippen LogP contribution in [-0.2, 0) is 0 Å². The van der Waals surface area contributed by atoms with Crippen LogP contribution in [0.3, 0.4) is 0 Å². The number of nitrogens with one attached hydrogen (secondary N) is 1. The van der Waals surface area contributed by atoms with E-state index in [9.17, 15) is 0 Å². The van der Waals surface area contributed by atoms with Gasteiger partial charge in [0.15, 0.2) is 0 Å². The standard InChI is InChI=1S/C52H32N4O/c1-2-11-37(12-3-1)50-54-51(56-52(55-50)40-29-20-33-10-4-5-13-39(33)32-40)38-27-25-35(26-28-38)42-30-31-53-46-18-9-15-41(48(42)46)34-21-23-36(24-22-34)43-16-8-17-45-44-14-6-7-19-47(44)57-49(43)45/h1-32H/p+1. The molecule has 0 bridgehead atoms. The molecule has 11 aromatic rings. The van der Waals surface area contributed by atoms with E-state index in [4.69, 9.17) is 19.4 Å². The fraction of sp³-hybridized carbons (Fsp3) is 0. The van der Waals surface area contributed by atoms with Gasteiger partial charge in [-0.25, -0.2) is 4.98 Å². The number of furan rings is 1. The topological polar surface area (TPSA) is 66.0 Å². The summed E-state index contributed by atoms with van der Waals surface area (Å²) in [6.07, 6.45) is 1.90. The minimum Gasteiger partial charge on any atom is -0.455 e. The zero-order chi connectivity index (χ0) is 37.7. The van der Waals surface area contributed by atoms with Gasteiger partial charge in [-0.15, -0.1) is 0 Å². The molecule has 11 rings (SSSR count). The number of rotatable bonds is 6. The highest BCUT2D eigenvalue weighted by atomic mass is 16.3. The van der Waals surface area contributed by atoms with Gasteiger partial charge < -0.3 is 4.42 Å². The van der Waals surface area contributed by atoms with E-state index >= 15 is 0 Å². The molecule has 0 saturated carbocycles. The molecule has 0 aliphatic rings. The maximum absolute atomic E-state index is 6.36. The zero-order valence-corrected chi connectivity index (χ0v) is 30.7. The Morgan fingerprint density at radius 1 is 0.404 bits per heavy atom. The summed E-state index contributed by atoms with van der Waals surface area (Å²) in [7, 11) is 0. The Kier molecular flexibility index (Phi) is 7.74. The van der Waals surface area contributed by atoms with E-state index in [0.717, 1.165) is 99.9 Å². The fourth-order valence-electron chi connectivity index (χ4n) is 8.03. The molecule has 0 radical (unpaired) electrons. The summed E-state index contributed by atoms with van der Waals surface area (Å²) in [6.45, 7) is 0. The van der Waals surface area contributed by atoms with Crippen molar-refractivity contribution < 1.29 is 9.40 Å². The molecular weight excluding hydrogens is 697 g/mol. The largest absolute Gasteiger partial charge is 0.455 e. The van der Waals surface area contributed by atoms with Gasteiger partial charge in [0.25, 0.3) is 11.6 Å². The molecule has 5 heteroatoms. The maximum atomic E-state index is 6.36. The third-order valence-electron chi connectivity index (χ3n) is 10.9. The third-order valence-corrected chi connectivity index (χ3v) is 10.9. The van der Waals surface area contributed by atoms with Crippen molar-refractivity contribution in [1.29, 1.82) is 0 Å². The fourth-order valence-corrected chi connectivity index (χ4v) is 8.03. The molecule has 0 unspecified atom stereocenters. The summed E-state index contributed by atoms with van der Waals surface area (Å²) in [6, 6.07) is 65.4. The second-order valence-corrected chi connectivity index (χ2v) is 14.3. The molecule has 1 N–H and O–H groups in total. The van der Waals surface area contributed by atoms with E-state index in [2.05, 4.69) is 163 Å². The lowest BCUT2D eigenvalue weighted by molar-refractivity contribution is -0.359. The Morgan fingerprint density at radius 3 is 1.77 bits per heavy atom. The van der Waals surface area contributed by atoms with Crippen molar-refractivity contribution in [2.24, 2.45) is 0 Å². The first-order valence-electron chi connectivity index (χ1n) is 19.1. The summed E-state index contributed by atoms with van der Waals surface area (Å²) >= 11 is 0. The van der Waals surface area contributed by atoms with Gasteiger partial charge in [-0.1, -0.05) is 143 Å². The minimum atomic E-state index is 0.669. The molecule has 3 aromatic heterocycles. The molecule has 266 valence electrons. The number of hydrogen-bond acceptors (Lipinski definition) is 4. The number of H-pyrrole nitrogens is 1. The lowest BCUT2D eigenvalue weighted by Gasteiger charge is -2.13. The van der Waals surface area contributed by atoms with Crippen molar-refractivity contribution >= 4 is 43.6 Å². The Labute approximate surface area is 328 Å². The molecule has 0 aliphatic carbocycles. The minimum absolute atomic E-state index is 0.669. The smallest absolute Gasteiger partial charge is 0.308 e. The number of aromatic nitrogens is 4. The molecule has 0 amide bonds. The van der Waals surface area contributed by atoms with Crippen LogP contribution in [0, 0.1) is 0 Å². The number of para-hydroxylation sites is 2. The summed E-state index contributed by atoms with van der Waals surface area (Å²) in [5.74, 6) is 2.18. The van der Waals surface area contributed by atoms with E-state index in [1.54, 1.807) is 0 Å². The van der Waals surface area contributed by atoms with Crippen LogP contribution in [-0.4, -0.2) is 15.0 Å². The van der Waals surface area contributed by atoms with E-state index in [1.165, 1.54) is 5.39 Å². The molecule has 0 saturated heterocycles. The second-order valence-electron chi connectivity index (χ2n) is 14.3. The van der Waals surface area contributed by atoms with Crippen LogP contribution in [0.2, 0.25) is 0 Å². The first kappa shape index (κ1) is 32.7. The number of aromatic amines is 1. The average Bonchev–Trinajstić information content (AvgIpc) is 3.68. The van der Waals surface area contributed by atoms with Gasteiger partial charge in [-0.3, -0.25) is 4.98 Å². The van der Waals surface area contributed by atoms with Gasteiger partial charge in [0.2, 0.25) is 0 Å². The number of pyridine rings is 1. The molecule has 0 fully saturated rings. The summed E-state index contributed by atoms with van der Waals surface area (Å²) < 4.78 is 6.36. The second kappa shape index (κ2) is 13.5. The quantitative estimate of drug-likeness (QED) is 0.171. The normalized spacial score (nSPS) is 11.5. The monoisotopic (exact) mass is 729 g/mol. The highest BCUT2D eigenvalue weighted by molar-refractivity contribution is 6.10. The lowest BCUT2D eigenvalue weighted by atomic mass is 9.92. The van der Waals surface area contributed by atoms with Crippen molar-refractivity contribution in [2.45, 2.75) is 0 Å². The highest BCUT2D eigenvalue weighted by Crippen LogP contribution is 2.39. The van der Waals surface area contributed by atoms with Gasteiger partial charge in [0.1, 0.15) is 11.2 Å². The molecule has 3 heterocycles. The highest BCUT2D eigenvalue weighted by Gasteiger charge is 2.21. The predicted molar refractivity (Wildman–Crippen MR) is 231 cm³/mol. The van der Waals surface area contributed by atoms with Crippen LogP contribution in [0.25, 0.3) is 111 Å². The van der Waals surface area contributed by atoms with Gasteiger partial charge in [0, 0.05) is 27.9 Å². The Bertz CT molecular complexity index is 3270. The van der Waals surface area contributed by atoms with Gasteiger partial charge >= 0.3 is 5.82 Å². The summed E-state index contributed by atoms with van der Waals surface area (Å²) in [5, 5.41) is 5.70. The number of hydrogen-bond donors (Lipinski definition) is 0. The predicted octanol–water partition coefficient (Wildman–Crippen LogP) is 12.9. The number of benzene rings is 8. The summed E-state index contributed by atoms with van der Waals surface area (Å²) in [5.41, 5.74) is 12.3. The molecule has 8 aromatic carbocycles. The third kappa shape index (κ3) is 5.81. The molecule has 0 spiro atoms. The van der Waals surface area contributed by atoms with E-state index in [1.807, 2.05) is 36.5 Å². The molecule has 0 aliphatic heterocycles. The molecule has 5 nitrogen and oxygen atoms in total. The van der Waals surface area contributed by atoms with Crippen molar-refractivity contribution in [1.82, 2.24) is 15.0 Å². The first-order chi connectivity index (χ1) is 28.2. The van der Waals surface area contributed by atoms with Gasteiger partial charge in [-0.05, 0) is 93.2 Å². The van der Waals surface area contributed by atoms with Crippen LogP contribution >= 0.6 is 0 Å². The number of nitrogens with zero attached hydrogens (tertiary/aromatic N) is 3. The Balaban J connectivity index is 0.971. The average molecular weight is 730 g/mol. The van der Waals surface area contributed by atoms with Crippen molar-refractivity contribution in [3.8, 4) is 67.5 Å². The van der Waals surface area contributed by atoms with Crippen LogP contribution in [0.5, 0.6) is 0 Å². The lowest BCUT2D eigenvalue weighted by Crippen LogP contribution is -2.17. The van der Waals surface area contributed by atoms with Crippen LogP contribution < -0.4 is 4.98 Å². The van der Waals surface area contributed by atoms with E-state index < -0.39 is 0 Å². The number of fused-ring (bicyclic) bond motifs is 5. The SMILES string of the molecule is c1ccc(-c2nc(-c3ccc4ccccc4c3)nc(-c3ccc(-c4ccnc5cccc(-c6ccc(-c7cccc8c7oc7ccccc78)cc6)c45)cc3)[nH+]2)cc1. The molecular formula is C52H33N4O+.